The van der Waals surface area contributed by atoms with Crippen molar-refractivity contribution >= 4 is 0 Å². The van der Waals surface area contributed by atoms with E-state index in [1.54, 1.807) is 0 Å². The molecule has 7 atom stereocenters. The fourth-order valence-corrected chi connectivity index (χ4v) is 6.78. The van der Waals surface area contributed by atoms with Gasteiger partial charge in [0.2, 0.25) is 0 Å². The number of hydrogen-bond donors (Lipinski definition) is 2. The van der Waals surface area contributed by atoms with E-state index in [9.17, 15) is 10.2 Å². The Morgan fingerprint density at radius 1 is 0.600 bits per heavy atom. The van der Waals surface area contributed by atoms with Crippen molar-refractivity contribution in [2.24, 2.45) is 41.4 Å². The Kier molecular flexibility index (Phi) is 3.58. The fourth-order valence-electron chi connectivity index (χ4n) is 6.78. The molecule has 4 fully saturated rings. The minimum Gasteiger partial charge on any atom is -0.368 e. The van der Waals surface area contributed by atoms with Crippen molar-refractivity contribution in [2.45, 2.75) is 70.5 Å². The van der Waals surface area contributed by atoms with Gasteiger partial charge in [-0.3, -0.25) is 0 Å². The molecule has 114 valence electrons. The van der Waals surface area contributed by atoms with Crippen molar-refractivity contribution < 1.29 is 10.2 Å². The van der Waals surface area contributed by atoms with Gasteiger partial charge in [-0.1, -0.05) is 12.8 Å². The first-order valence-corrected chi connectivity index (χ1v) is 9.10. The molecule has 0 aromatic carbocycles. The van der Waals surface area contributed by atoms with Crippen LogP contribution >= 0.6 is 0 Å². The molecule has 2 N–H and O–H groups in total. The molecule has 2 unspecified atom stereocenters. The summed E-state index contributed by atoms with van der Waals surface area (Å²) in [6.45, 7) is 0. The molecular weight excluding hydrogens is 248 g/mol. The summed E-state index contributed by atoms with van der Waals surface area (Å²) < 4.78 is 0. The Hall–Kier alpha value is -0.0800. The summed E-state index contributed by atoms with van der Waals surface area (Å²) in [4.78, 5) is 0. The van der Waals surface area contributed by atoms with E-state index in [1.165, 1.54) is 51.4 Å². The molecule has 0 aromatic heterocycles. The van der Waals surface area contributed by atoms with Gasteiger partial charge >= 0.3 is 0 Å². The SMILES string of the molecule is OC(O)C1CC[C@H]2C(CC[C@@H]3[C@@H]4CCC[C@H]4CC[C@@H]32)C1. The van der Waals surface area contributed by atoms with Gasteiger partial charge < -0.3 is 10.2 Å². The zero-order valence-corrected chi connectivity index (χ0v) is 12.6. The minimum atomic E-state index is -1.07. The third-order valence-electron chi connectivity index (χ3n) is 7.61. The van der Waals surface area contributed by atoms with Crippen LogP contribution < -0.4 is 0 Å². The monoisotopic (exact) mass is 278 g/mol. The van der Waals surface area contributed by atoms with Crippen LogP contribution in [0.1, 0.15) is 64.2 Å². The summed E-state index contributed by atoms with van der Waals surface area (Å²) in [7, 11) is 0. The topological polar surface area (TPSA) is 40.5 Å². The highest BCUT2D eigenvalue weighted by molar-refractivity contribution is 4.99. The first kappa shape index (κ1) is 13.6. The van der Waals surface area contributed by atoms with Crippen LogP contribution in [-0.4, -0.2) is 16.5 Å². The van der Waals surface area contributed by atoms with Crippen molar-refractivity contribution in [2.75, 3.05) is 0 Å². The summed E-state index contributed by atoms with van der Waals surface area (Å²) in [5.41, 5.74) is 0. The molecule has 4 rings (SSSR count). The standard InChI is InChI=1S/C18H30O2/c19-18(20)13-6-7-15-12(10-13)5-9-16-14-3-1-2-11(14)4-8-17(15)16/h11-20H,1-10H2/t11-,12?,13?,14+,15-,16+,17+/m0/s1. The average molecular weight is 278 g/mol. The maximum atomic E-state index is 9.48. The Morgan fingerprint density at radius 2 is 1.25 bits per heavy atom. The van der Waals surface area contributed by atoms with Crippen molar-refractivity contribution in [3.8, 4) is 0 Å². The second-order valence-electron chi connectivity index (χ2n) is 8.25. The Bertz CT molecular complexity index is 353. The Morgan fingerprint density at radius 3 is 2.00 bits per heavy atom. The van der Waals surface area contributed by atoms with Crippen molar-refractivity contribution in [3.05, 3.63) is 0 Å². The summed E-state index contributed by atoms with van der Waals surface area (Å²) in [5, 5.41) is 19.0. The highest BCUT2D eigenvalue weighted by Crippen LogP contribution is 2.58. The lowest BCUT2D eigenvalue weighted by atomic mass is 9.53. The molecule has 2 nitrogen and oxygen atoms in total. The van der Waals surface area contributed by atoms with E-state index in [0.29, 0.717) is 0 Å². The van der Waals surface area contributed by atoms with Gasteiger partial charge in [-0.2, -0.15) is 0 Å². The fraction of sp³-hybridized carbons (Fsp3) is 1.00. The molecule has 4 aliphatic carbocycles. The lowest BCUT2D eigenvalue weighted by molar-refractivity contribution is -0.118. The third-order valence-corrected chi connectivity index (χ3v) is 7.61. The summed E-state index contributed by atoms with van der Waals surface area (Å²) in [6, 6.07) is 0. The predicted molar refractivity (Wildman–Crippen MR) is 78.8 cm³/mol. The van der Waals surface area contributed by atoms with Gasteiger partial charge in [0.15, 0.2) is 6.29 Å². The van der Waals surface area contributed by atoms with Gasteiger partial charge in [0, 0.05) is 5.92 Å². The molecule has 0 amide bonds. The molecule has 20 heavy (non-hydrogen) atoms. The van der Waals surface area contributed by atoms with Crippen LogP contribution in [0.5, 0.6) is 0 Å². The number of fused-ring (bicyclic) bond motifs is 5. The maximum absolute atomic E-state index is 9.48. The zero-order chi connectivity index (χ0) is 13.7. The molecule has 0 radical (unpaired) electrons. The van der Waals surface area contributed by atoms with Crippen LogP contribution in [0.25, 0.3) is 0 Å². The molecule has 0 spiro atoms. The van der Waals surface area contributed by atoms with Gasteiger partial charge in [-0.05, 0) is 86.9 Å². The highest BCUT2D eigenvalue weighted by Gasteiger charge is 2.49. The third kappa shape index (κ3) is 2.14. The second-order valence-corrected chi connectivity index (χ2v) is 8.25. The van der Waals surface area contributed by atoms with E-state index in [-0.39, 0.29) is 5.92 Å². The lowest BCUT2D eigenvalue weighted by Gasteiger charge is -2.53. The van der Waals surface area contributed by atoms with Crippen molar-refractivity contribution in [1.29, 1.82) is 0 Å². The van der Waals surface area contributed by atoms with E-state index in [1.807, 2.05) is 0 Å². The molecule has 4 saturated carbocycles. The number of aliphatic hydroxyl groups excluding tert-OH is 1. The average Bonchev–Trinajstić information content (AvgIpc) is 2.94. The maximum Gasteiger partial charge on any atom is 0.154 e. The Labute approximate surface area is 123 Å². The largest absolute Gasteiger partial charge is 0.368 e. The molecule has 0 bridgehead atoms. The number of hydrogen-bond acceptors (Lipinski definition) is 2. The van der Waals surface area contributed by atoms with Crippen LogP contribution in [0.2, 0.25) is 0 Å². The minimum absolute atomic E-state index is 0.163. The number of aliphatic hydroxyl groups is 2. The molecule has 4 aliphatic rings. The van der Waals surface area contributed by atoms with E-state index < -0.39 is 6.29 Å². The molecular formula is C18H30O2. The van der Waals surface area contributed by atoms with Gasteiger partial charge in [0.25, 0.3) is 0 Å². The van der Waals surface area contributed by atoms with Crippen LogP contribution in [-0.2, 0) is 0 Å². The smallest absolute Gasteiger partial charge is 0.154 e. The van der Waals surface area contributed by atoms with E-state index in [2.05, 4.69) is 0 Å². The first-order valence-electron chi connectivity index (χ1n) is 9.10. The highest BCUT2D eigenvalue weighted by atomic mass is 16.5. The number of rotatable bonds is 1. The first-order chi connectivity index (χ1) is 9.74. The summed E-state index contributed by atoms with van der Waals surface area (Å²) >= 11 is 0. The van der Waals surface area contributed by atoms with E-state index in [0.717, 1.165) is 48.3 Å². The van der Waals surface area contributed by atoms with Gasteiger partial charge in [-0.15, -0.1) is 0 Å². The van der Waals surface area contributed by atoms with Gasteiger partial charge in [0.1, 0.15) is 0 Å². The van der Waals surface area contributed by atoms with E-state index in [4.69, 9.17) is 0 Å². The van der Waals surface area contributed by atoms with Gasteiger partial charge in [0.05, 0.1) is 0 Å². The predicted octanol–water partition coefficient (Wildman–Crippen LogP) is 3.57. The summed E-state index contributed by atoms with van der Waals surface area (Å²) in [5.74, 6) is 6.05. The molecule has 0 aliphatic heterocycles. The van der Waals surface area contributed by atoms with Crippen LogP contribution in [0.3, 0.4) is 0 Å². The Balaban J connectivity index is 1.48. The summed E-state index contributed by atoms with van der Waals surface area (Å²) in [6.07, 6.45) is 12.7. The van der Waals surface area contributed by atoms with Crippen molar-refractivity contribution in [1.82, 2.24) is 0 Å². The lowest BCUT2D eigenvalue weighted by Crippen LogP contribution is -2.45. The zero-order valence-electron chi connectivity index (χ0n) is 12.6. The second kappa shape index (κ2) is 5.28. The van der Waals surface area contributed by atoms with E-state index >= 15 is 0 Å². The van der Waals surface area contributed by atoms with Gasteiger partial charge in [-0.25, -0.2) is 0 Å². The van der Waals surface area contributed by atoms with Crippen LogP contribution in [0, 0.1) is 41.4 Å². The van der Waals surface area contributed by atoms with Crippen LogP contribution in [0.4, 0.5) is 0 Å². The molecule has 2 heteroatoms. The normalized spacial score (nSPS) is 51.5. The molecule has 0 saturated heterocycles. The molecule has 0 aromatic rings. The van der Waals surface area contributed by atoms with Crippen LogP contribution in [0.15, 0.2) is 0 Å². The van der Waals surface area contributed by atoms with Crippen molar-refractivity contribution in [3.63, 3.8) is 0 Å². The molecule has 0 heterocycles. The quantitative estimate of drug-likeness (QED) is 0.720.